The second-order valence-corrected chi connectivity index (χ2v) is 9.08. The van der Waals surface area contributed by atoms with Gasteiger partial charge in [0, 0.05) is 24.0 Å². The first-order valence-electron chi connectivity index (χ1n) is 12.5. The maximum atomic E-state index is 5.90. The Bertz CT molecular complexity index is 1270. The minimum Gasteiger partial charge on any atom is -0.465 e. The molecule has 0 aliphatic rings. The number of benzene rings is 3. The number of hydrogen-bond donors (Lipinski definition) is 0. The monoisotopic (exact) mass is 524 g/mol. The van der Waals surface area contributed by atoms with Crippen molar-refractivity contribution in [1.82, 2.24) is 0 Å². The molecule has 0 aromatic heterocycles. The lowest BCUT2D eigenvalue weighted by Gasteiger charge is -2.21. The van der Waals surface area contributed by atoms with Gasteiger partial charge in [-0.25, -0.2) is 0 Å². The molecular weight excluding hydrogens is 488 g/mol. The molecule has 3 aromatic rings. The van der Waals surface area contributed by atoms with E-state index in [1.54, 1.807) is 0 Å². The fraction of sp³-hybridized carbons (Fsp3) is 0.176. The molecule has 0 fully saturated rings. The second kappa shape index (κ2) is 13.2. The summed E-state index contributed by atoms with van der Waals surface area (Å²) in [6, 6.07) is 10.4. The molecule has 0 heterocycles. The van der Waals surface area contributed by atoms with Crippen molar-refractivity contribution in [3.63, 3.8) is 0 Å². The van der Waals surface area contributed by atoms with Crippen molar-refractivity contribution < 1.29 is 23.7 Å². The van der Waals surface area contributed by atoms with Crippen LogP contribution in [-0.2, 0) is 12.8 Å². The van der Waals surface area contributed by atoms with Crippen molar-refractivity contribution >= 4 is 0 Å². The second-order valence-electron chi connectivity index (χ2n) is 9.08. The minimum absolute atomic E-state index is 0.400. The Balaban J connectivity index is 2.20. The Morgan fingerprint density at radius 1 is 0.436 bits per heavy atom. The standard InChI is InChI=1S/C34H36O5/c1-10-35-30-22(6)15-26(16-23(30)7)19-28-21-29(20-27-17-24(8)31(36-11-2)25(9)18-27)33(38-13-4)34(39-14-5)32(28)37-12-3/h10-18,21H,1-5,19-20H2,6-9H3. The summed E-state index contributed by atoms with van der Waals surface area (Å²) >= 11 is 0. The maximum absolute atomic E-state index is 5.90. The molecule has 3 rings (SSSR count). The first-order valence-corrected chi connectivity index (χ1v) is 12.5. The third-order valence-electron chi connectivity index (χ3n) is 6.18. The first-order chi connectivity index (χ1) is 18.8. The Morgan fingerprint density at radius 2 is 0.718 bits per heavy atom. The molecule has 0 unspecified atom stereocenters. The van der Waals surface area contributed by atoms with Gasteiger partial charge in [0.25, 0.3) is 0 Å². The highest BCUT2D eigenvalue weighted by molar-refractivity contribution is 5.63. The summed E-state index contributed by atoms with van der Waals surface area (Å²) in [4.78, 5) is 0. The SMILES string of the molecule is C=COc1c(C)cc(Cc2cc(Cc3cc(C)c(OC=C)c(C)c3)c(OC=C)c(OC=C)c2OC=C)cc1C. The van der Waals surface area contributed by atoms with Gasteiger partial charge in [0.1, 0.15) is 11.5 Å². The molecule has 0 amide bonds. The van der Waals surface area contributed by atoms with Crippen LogP contribution in [0.3, 0.4) is 0 Å². The van der Waals surface area contributed by atoms with Crippen LogP contribution in [0.1, 0.15) is 44.5 Å². The molecule has 0 atom stereocenters. The van der Waals surface area contributed by atoms with Gasteiger partial charge >= 0.3 is 0 Å². The number of ether oxygens (including phenoxy) is 5. The van der Waals surface area contributed by atoms with Crippen LogP contribution in [0.2, 0.25) is 0 Å². The molecule has 0 spiro atoms. The Labute approximate surface area is 232 Å². The first kappa shape index (κ1) is 28.9. The third-order valence-corrected chi connectivity index (χ3v) is 6.18. The molecule has 0 N–H and O–H groups in total. The molecule has 0 aliphatic carbocycles. The summed E-state index contributed by atoms with van der Waals surface area (Å²) in [5.74, 6) is 3.00. The lowest BCUT2D eigenvalue weighted by atomic mass is 9.94. The van der Waals surface area contributed by atoms with Gasteiger partial charge in [0.15, 0.2) is 11.5 Å². The zero-order valence-corrected chi connectivity index (χ0v) is 23.3. The lowest BCUT2D eigenvalue weighted by molar-refractivity contribution is 0.381. The number of aryl methyl sites for hydroxylation is 4. The van der Waals surface area contributed by atoms with Crippen LogP contribution in [-0.4, -0.2) is 0 Å². The molecule has 0 bridgehead atoms. The van der Waals surface area contributed by atoms with Crippen molar-refractivity contribution in [3.8, 4) is 28.7 Å². The maximum Gasteiger partial charge on any atom is 0.211 e. The molecule has 0 aliphatic heterocycles. The largest absolute Gasteiger partial charge is 0.465 e. The quantitative estimate of drug-likeness (QED) is 0.197. The number of hydrogen-bond acceptors (Lipinski definition) is 5. The molecular formula is C34H36O5. The van der Waals surface area contributed by atoms with Crippen molar-refractivity contribution in [2.24, 2.45) is 0 Å². The van der Waals surface area contributed by atoms with Crippen LogP contribution in [0.4, 0.5) is 0 Å². The van der Waals surface area contributed by atoms with Gasteiger partial charge in [-0.3, -0.25) is 0 Å². The van der Waals surface area contributed by atoms with E-state index in [0.717, 1.165) is 56.0 Å². The summed E-state index contributed by atoms with van der Waals surface area (Å²) in [6.07, 6.45) is 8.10. The van der Waals surface area contributed by atoms with Crippen LogP contribution >= 0.6 is 0 Å². The van der Waals surface area contributed by atoms with Crippen molar-refractivity contribution in [2.75, 3.05) is 0 Å². The van der Waals surface area contributed by atoms with E-state index in [2.05, 4.69) is 63.2 Å². The summed E-state index contributed by atoms with van der Waals surface area (Å²) < 4.78 is 28.9. The third kappa shape index (κ3) is 6.63. The van der Waals surface area contributed by atoms with E-state index in [1.807, 2.05) is 27.7 Å². The molecule has 202 valence electrons. The molecule has 0 saturated carbocycles. The Kier molecular flexibility index (Phi) is 9.82. The summed E-state index contributed by atoms with van der Waals surface area (Å²) in [5.41, 5.74) is 8.01. The van der Waals surface area contributed by atoms with Crippen molar-refractivity contribution in [1.29, 1.82) is 0 Å². The molecule has 0 saturated heterocycles. The van der Waals surface area contributed by atoms with E-state index in [0.29, 0.717) is 30.1 Å². The van der Waals surface area contributed by atoms with Crippen molar-refractivity contribution in [2.45, 2.75) is 40.5 Å². The zero-order valence-electron chi connectivity index (χ0n) is 23.3. The van der Waals surface area contributed by atoms with Gasteiger partial charge in [-0.1, -0.05) is 57.2 Å². The van der Waals surface area contributed by atoms with E-state index in [9.17, 15) is 0 Å². The van der Waals surface area contributed by atoms with E-state index < -0.39 is 0 Å². The highest BCUT2D eigenvalue weighted by Crippen LogP contribution is 2.45. The van der Waals surface area contributed by atoms with Gasteiger partial charge in [0.05, 0.1) is 31.3 Å². The van der Waals surface area contributed by atoms with Gasteiger partial charge in [-0.15, -0.1) is 0 Å². The van der Waals surface area contributed by atoms with Crippen LogP contribution < -0.4 is 23.7 Å². The lowest BCUT2D eigenvalue weighted by Crippen LogP contribution is -2.04. The van der Waals surface area contributed by atoms with Crippen LogP contribution in [0.15, 0.2) is 94.5 Å². The Hall–Kier alpha value is -4.64. The zero-order chi connectivity index (χ0) is 28.5. The Morgan fingerprint density at radius 3 is 1.03 bits per heavy atom. The van der Waals surface area contributed by atoms with E-state index in [-0.39, 0.29) is 0 Å². The average molecular weight is 525 g/mol. The van der Waals surface area contributed by atoms with Gasteiger partial charge < -0.3 is 23.7 Å². The topological polar surface area (TPSA) is 46.2 Å². The fourth-order valence-electron chi connectivity index (χ4n) is 4.88. The van der Waals surface area contributed by atoms with Gasteiger partial charge in [-0.2, -0.15) is 0 Å². The molecule has 5 heteroatoms. The number of rotatable bonds is 14. The van der Waals surface area contributed by atoms with Gasteiger partial charge in [-0.05, 0) is 67.1 Å². The minimum atomic E-state index is 0.400. The summed E-state index contributed by atoms with van der Waals surface area (Å²) in [5, 5.41) is 0. The predicted octanol–water partition coefficient (Wildman–Crippen LogP) is 8.71. The smallest absolute Gasteiger partial charge is 0.211 e. The molecule has 5 nitrogen and oxygen atoms in total. The van der Waals surface area contributed by atoms with Crippen LogP contribution in [0, 0.1) is 27.7 Å². The van der Waals surface area contributed by atoms with Crippen LogP contribution in [0.5, 0.6) is 28.7 Å². The highest BCUT2D eigenvalue weighted by Gasteiger charge is 2.23. The van der Waals surface area contributed by atoms with E-state index in [1.165, 1.54) is 31.3 Å². The van der Waals surface area contributed by atoms with Crippen LogP contribution in [0.25, 0.3) is 0 Å². The van der Waals surface area contributed by atoms with E-state index in [4.69, 9.17) is 23.7 Å². The summed E-state index contributed by atoms with van der Waals surface area (Å²) in [6.45, 7) is 26.7. The average Bonchev–Trinajstić information content (AvgIpc) is 2.88. The van der Waals surface area contributed by atoms with Gasteiger partial charge in [0.2, 0.25) is 5.75 Å². The van der Waals surface area contributed by atoms with E-state index >= 15 is 0 Å². The molecule has 3 aromatic carbocycles. The normalized spacial score (nSPS) is 10.3. The predicted molar refractivity (Wildman–Crippen MR) is 158 cm³/mol. The van der Waals surface area contributed by atoms with Crippen molar-refractivity contribution in [3.05, 3.63) is 139 Å². The molecule has 0 radical (unpaired) electrons. The highest BCUT2D eigenvalue weighted by atomic mass is 16.5. The fourth-order valence-corrected chi connectivity index (χ4v) is 4.88. The summed E-state index contributed by atoms with van der Waals surface area (Å²) in [7, 11) is 0. The molecule has 39 heavy (non-hydrogen) atoms.